The molecular formula is C17H26N2O. The van der Waals surface area contributed by atoms with E-state index in [1.807, 2.05) is 6.92 Å². The minimum Gasteiger partial charge on any atom is -0.349 e. The van der Waals surface area contributed by atoms with Gasteiger partial charge in [0.05, 0.1) is 6.04 Å². The van der Waals surface area contributed by atoms with E-state index in [0.29, 0.717) is 12.5 Å². The summed E-state index contributed by atoms with van der Waals surface area (Å²) in [5.41, 5.74) is 8.25. The van der Waals surface area contributed by atoms with Crippen LogP contribution in [0.2, 0.25) is 0 Å². The minimum absolute atomic E-state index is 0.0624. The first-order chi connectivity index (χ1) is 9.65. The molecule has 3 nitrogen and oxygen atoms in total. The van der Waals surface area contributed by atoms with Gasteiger partial charge in [0.1, 0.15) is 0 Å². The van der Waals surface area contributed by atoms with E-state index in [1.54, 1.807) is 0 Å². The summed E-state index contributed by atoms with van der Waals surface area (Å²) < 4.78 is 0. The molecule has 2 rings (SSSR count). The number of aryl methyl sites for hydroxylation is 1. The standard InChI is InChI=1S/C17H26N2O/c1-3-13-7-9-14(10-8-13)12(2)19-17(20)16-6-4-5-15(16)11-18/h7-10,12,15-16H,3-6,11,18H2,1-2H3,(H,19,20). The second-order valence-corrected chi connectivity index (χ2v) is 5.86. The highest BCUT2D eigenvalue weighted by Gasteiger charge is 2.32. The number of hydrogen-bond acceptors (Lipinski definition) is 2. The molecule has 0 radical (unpaired) electrons. The second kappa shape index (κ2) is 6.89. The van der Waals surface area contributed by atoms with Crippen LogP contribution < -0.4 is 11.1 Å². The fourth-order valence-electron chi connectivity index (χ4n) is 3.11. The molecule has 0 aromatic heterocycles. The van der Waals surface area contributed by atoms with E-state index in [-0.39, 0.29) is 17.9 Å². The van der Waals surface area contributed by atoms with Crippen molar-refractivity contribution in [3.8, 4) is 0 Å². The van der Waals surface area contributed by atoms with Gasteiger partial charge >= 0.3 is 0 Å². The molecule has 3 unspecified atom stereocenters. The Hall–Kier alpha value is -1.35. The van der Waals surface area contributed by atoms with Crippen molar-refractivity contribution >= 4 is 5.91 Å². The number of rotatable bonds is 5. The van der Waals surface area contributed by atoms with E-state index >= 15 is 0 Å². The fourth-order valence-corrected chi connectivity index (χ4v) is 3.11. The van der Waals surface area contributed by atoms with Crippen LogP contribution in [0.5, 0.6) is 0 Å². The van der Waals surface area contributed by atoms with Gasteiger partial charge in [-0.15, -0.1) is 0 Å². The summed E-state index contributed by atoms with van der Waals surface area (Å²) in [6, 6.07) is 8.55. The summed E-state index contributed by atoms with van der Waals surface area (Å²) >= 11 is 0. The van der Waals surface area contributed by atoms with Crippen LogP contribution in [0.1, 0.15) is 50.3 Å². The third-order valence-electron chi connectivity index (χ3n) is 4.55. The maximum absolute atomic E-state index is 12.4. The Balaban J connectivity index is 1.96. The summed E-state index contributed by atoms with van der Waals surface area (Å²) in [6.45, 7) is 4.82. The van der Waals surface area contributed by atoms with E-state index in [0.717, 1.165) is 31.2 Å². The van der Waals surface area contributed by atoms with Crippen LogP contribution in [-0.4, -0.2) is 12.5 Å². The van der Waals surface area contributed by atoms with Crippen LogP contribution in [-0.2, 0) is 11.2 Å². The molecule has 1 aromatic rings. The van der Waals surface area contributed by atoms with Gasteiger partial charge in [-0.3, -0.25) is 4.79 Å². The SMILES string of the molecule is CCc1ccc(C(C)NC(=O)C2CCCC2CN)cc1. The van der Waals surface area contributed by atoms with Gasteiger partial charge in [-0.05, 0) is 49.8 Å². The summed E-state index contributed by atoms with van der Waals surface area (Å²) in [5.74, 6) is 0.645. The first-order valence-corrected chi connectivity index (χ1v) is 7.75. The number of benzene rings is 1. The number of carbonyl (C=O) groups is 1. The lowest BCUT2D eigenvalue weighted by molar-refractivity contribution is -0.126. The van der Waals surface area contributed by atoms with Crippen molar-refractivity contribution in [1.82, 2.24) is 5.32 Å². The molecule has 1 aromatic carbocycles. The van der Waals surface area contributed by atoms with Crippen LogP contribution in [0.3, 0.4) is 0 Å². The Kier molecular flexibility index (Phi) is 5.18. The van der Waals surface area contributed by atoms with Crippen LogP contribution in [0.15, 0.2) is 24.3 Å². The number of nitrogens with one attached hydrogen (secondary N) is 1. The molecular weight excluding hydrogens is 248 g/mol. The lowest BCUT2D eigenvalue weighted by atomic mass is 9.94. The molecule has 1 amide bonds. The summed E-state index contributed by atoms with van der Waals surface area (Å²) in [4.78, 5) is 12.4. The summed E-state index contributed by atoms with van der Waals surface area (Å²) in [6.07, 6.45) is 4.24. The van der Waals surface area contributed by atoms with Crippen LogP contribution in [0.25, 0.3) is 0 Å². The number of nitrogens with two attached hydrogens (primary N) is 1. The highest BCUT2D eigenvalue weighted by Crippen LogP contribution is 2.31. The number of hydrogen-bond donors (Lipinski definition) is 2. The zero-order valence-electron chi connectivity index (χ0n) is 12.6. The molecule has 1 fully saturated rings. The predicted molar refractivity (Wildman–Crippen MR) is 82.3 cm³/mol. The molecule has 3 atom stereocenters. The van der Waals surface area contributed by atoms with Crippen molar-refractivity contribution in [1.29, 1.82) is 0 Å². The molecule has 1 aliphatic carbocycles. The maximum Gasteiger partial charge on any atom is 0.223 e. The highest BCUT2D eigenvalue weighted by atomic mass is 16.2. The molecule has 1 aliphatic rings. The van der Waals surface area contributed by atoms with Gasteiger partial charge in [0, 0.05) is 5.92 Å². The topological polar surface area (TPSA) is 55.1 Å². The van der Waals surface area contributed by atoms with E-state index in [1.165, 1.54) is 5.56 Å². The zero-order valence-corrected chi connectivity index (χ0v) is 12.6. The second-order valence-electron chi connectivity index (χ2n) is 5.86. The maximum atomic E-state index is 12.4. The van der Waals surface area contributed by atoms with Gasteiger partial charge in [0.2, 0.25) is 5.91 Å². The fraction of sp³-hybridized carbons (Fsp3) is 0.588. The Labute approximate surface area is 121 Å². The average molecular weight is 274 g/mol. The van der Waals surface area contributed by atoms with Crippen LogP contribution >= 0.6 is 0 Å². The first-order valence-electron chi connectivity index (χ1n) is 7.75. The minimum atomic E-state index is 0.0624. The van der Waals surface area contributed by atoms with Gasteiger partial charge in [-0.25, -0.2) is 0 Å². The Morgan fingerprint density at radius 2 is 2.05 bits per heavy atom. The monoisotopic (exact) mass is 274 g/mol. The molecule has 110 valence electrons. The molecule has 0 bridgehead atoms. The molecule has 3 heteroatoms. The quantitative estimate of drug-likeness (QED) is 0.867. The molecule has 1 saturated carbocycles. The van der Waals surface area contributed by atoms with Crippen molar-refractivity contribution in [2.45, 2.75) is 45.6 Å². The van der Waals surface area contributed by atoms with Crippen molar-refractivity contribution in [2.75, 3.05) is 6.54 Å². The Bertz CT molecular complexity index is 441. The molecule has 0 saturated heterocycles. The summed E-state index contributed by atoms with van der Waals surface area (Å²) in [5, 5.41) is 3.15. The van der Waals surface area contributed by atoms with Crippen LogP contribution in [0, 0.1) is 11.8 Å². The average Bonchev–Trinajstić information content (AvgIpc) is 2.95. The zero-order chi connectivity index (χ0) is 14.5. The van der Waals surface area contributed by atoms with Gasteiger partial charge in [0.25, 0.3) is 0 Å². The van der Waals surface area contributed by atoms with Crippen LogP contribution in [0.4, 0.5) is 0 Å². The normalized spacial score (nSPS) is 23.6. The number of amides is 1. The molecule has 3 N–H and O–H groups in total. The van der Waals surface area contributed by atoms with Crippen molar-refractivity contribution in [3.05, 3.63) is 35.4 Å². The van der Waals surface area contributed by atoms with E-state index in [4.69, 9.17) is 5.73 Å². The molecule has 20 heavy (non-hydrogen) atoms. The Morgan fingerprint density at radius 1 is 1.35 bits per heavy atom. The predicted octanol–water partition coefficient (Wildman–Crippen LogP) is 2.80. The first kappa shape index (κ1) is 15.0. The van der Waals surface area contributed by atoms with Crippen molar-refractivity contribution in [2.24, 2.45) is 17.6 Å². The molecule has 0 heterocycles. The van der Waals surface area contributed by atoms with E-state index in [9.17, 15) is 4.79 Å². The number of carbonyl (C=O) groups excluding carboxylic acids is 1. The van der Waals surface area contributed by atoms with Gasteiger partial charge in [0.15, 0.2) is 0 Å². The van der Waals surface area contributed by atoms with Crippen molar-refractivity contribution in [3.63, 3.8) is 0 Å². The van der Waals surface area contributed by atoms with Crippen molar-refractivity contribution < 1.29 is 4.79 Å². The van der Waals surface area contributed by atoms with Gasteiger partial charge in [-0.1, -0.05) is 37.6 Å². The third kappa shape index (κ3) is 3.40. The van der Waals surface area contributed by atoms with Gasteiger partial charge in [-0.2, -0.15) is 0 Å². The Morgan fingerprint density at radius 3 is 2.65 bits per heavy atom. The highest BCUT2D eigenvalue weighted by molar-refractivity contribution is 5.79. The lowest BCUT2D eigenvalue weighted by Crippen LogP contribution is -2.36. The van der Waals surface area contributed by atoms with E-state index < -0.39 is 0 Å². The summed E-state index contributed by atoms with van der Waals surface area (Å²) in [7, 11) is 0. The molecule has 0 aliphatic heterocycles. The van der Waals surface area contributed by atoms with E-state index in [2.05, 4.69) is 36.5 Å². The van der Waals surface area contributed by atoms with Gasteiger partial charge < -0.3 is 11.1 Å². The third-order valence-corrected chi connectivity index (χ3v) is 4.55. The molecule has 0 spiro atoms. The smallest absolute Gasteiger partial charge is 0.223 e. The largest absolute Gasteiger partial charge is 0.349 e. The lowest BCUT2D eigenvalue weighted by Gasteiger charge is -2.21.